The van der Waals surface area contributed by atoms with E-state index in [1.807, 2.05) is 5.38 Å². The van der Waals surface area contributed by atoms with Gasteiger partial charge in [0.15, 0.2) is 0 Å². The molecule has 10 heteroatoms. The Morgan fingerprint density at radius 1 is 1.19 bits per heavy atom. The number of nitrogens with zero attached hydrogens (tertiary/aromatic N) is 3. The van der Waals surface area contributed by atoms with E-state index in [1.165, 1.54) is 27.8 Å². The van der Waals surface area contributed by atoms with Crippen LogP contribution >= 0.6 is 11.3 Å². The van der Waals surface area contributed by atoms with Crippen molar-refractivity contribution in [3.05, 3.63) is 56.3 Å². The Hall–Kier alpha value is -2.30. The summed E-state index contributed by atoms with van der Waals surface area (Å²) in [7, 11) is -3.86. The number of rotatable bonds is 4. The van der Waals surface area contributed by atoms with Gasteiger partial charge >= 0.3 is 0 Å². The van der Waals surface area contributed by atoms with Crippen molar-refractivity contribution in [3.8, 4) is 0 Å². The van der Waals surface area contributed by atoms with Crippen LogP contribution in [0.3, 0.4) is 0 Å². The van der Waals surface area contributed by atoms with Gasteiger partial charge in [0.2, 0.25) is 10.0 Å². The van der Waals surface area contributed by atoms with E-state index in [-0.39, 0.29) is 42.7 Å². The Kier molecular flexibility index (Phi) is 5.08. The van der Waals surface area contributed by atoms with Crippen molar-refractivity contribution in [1.82, 2.24) is 9.21 Å². The second-order valence-electron chi connectivity index (χ2n) is 5.88. The number of nitro benzene ring substituents is 1. The van der Waals surface area contributed by atoms with Gasteiger partial charge in [0.25, 0.3) is 11.6 Å². The molecule has 0 saturated carbocycles. The zero-order chi connectivity index (χ0) is 18.9. The minimum atomic E-state index is -3.86. The van der Waals surface area contributed by atoms with Crippen LogP contribution in [0.5, 0.6) is 0 Å². The summed E-state index contributed by atoms with van der Waals surface area (Å²) in [5.41, 5.74) is 0.188. The van der Waals surface area contributed by atoms with Crippen molar-refractivity contribution in [3.63, 3.8) is 0 Å². The molecule has 8 nitrogen and oxygen atoms in total. The van der Waals surface area contributed by atoms with Crippen LogP contribution in [0.15, 0.2) is 40.6 Å². The third-order valence-electron chi connectivity index (χ3n) is 4.26. The second kappa shape index (κ2) is 7.14. The lowest BCUT2D eigenvalue weighted by atomic mass is 10.2. The number of hydrogen-bond donors (Lipinski definition) is 0. The third kappa shape index (κ3) is 3.48. The van der Waals surface area contributed by atoms with E-state index in [2.05, 4.69) is 0 Å². The van der Waals surface area contributed by atoms with E-state index in [1.54, 1.807) is 24.0 Å². The maximum absolute atomic E-state index is 12.9. The summed E-state index contributed by atoms with van der Waals surface area (Å²) >= 11 is 1.35. The number of nitro groups is 1. The SMILES string of the molecule is Cc1ccc([N+](=O)[O-])cc1S(=O)(=O)N1CCN(C(=O)c2cccs2)CC1. The molecule has 0 atom stereocenters. The molecule has 2 heterocycles. The van der Waals surface area contributed by atoms with Crippen LogP contribution in [0, 0.1) is 17.0 Å². The van der Waals surface area contributed by atoms with E-state index < -0.39 is 14.9 Å². The average molecular weight is 395 g/mol. The van der Waals surface area contributed by atoms with Gasteiger partial charge in [-0.15, -0.1) is 11.3 Å². The molecule has 138 valence electrons. The van der Waals surface area contributed by atoms with Crippen molar-refractivity contribution in [2.75, 3.05) is 26.2 Å². The fourth-order valence-electron chi connectivity index (χ4n) is 2.81. The van der Waals surface area contributed by atoms with Crippen LogP contribution in [0.1, 0.15) is 15.2 Å². The monoisotopic (exact) mass is 395 g/mol. The summed E-state index contributed by atoms with van der Waals surface area (Å²) in [6, 6.07) is 7.34. The van der Waals surface area contributed by atoms with Gasteiger partial charge in [0, 0.05) is 38.3 Å². The number of sulfonamides is 1. The summed E-state index contributed by atoms with van der Waals surface area (Å²) in [5.74, 6) is -0.108. The molecule has 1 aliphatic rings. The summed E-state index contributed by atoms with van der Waals surface area (Å²) in [4.78, 5) is 24.9. The minimum absolute atomic E-state index is 0.0651. The largest absolute Gasteiger partial charge is 0.335 e. The molecule has 1 aromatic heterocycles. The molecule has 1 aromatic carbocycles. The van der Waals surface area contributed by atoms with Crippen molar-refractivity contribution >= 4 is 33.0 Å². The highest BCUT2D eigenvalue weighted by molar-refractivity contribution is 7.89. The summed E-state index contributed by atoms with van der Waals surface area (Å²) in [6.45, 7) is 2.48. The normalized spacial score (nSPS) is 15.8. The lowest BCUT2D eigenvalue weighted by Gasteiger charge is -2.34. The number of carbonyl (C=O) groups excluding carboxylic acids is 1. The van der Waals surface area contributed by atoms with E-state index in [4.69, 9.17) is 0 Å². The van der Waals surface area contributed by atoms with Gasteiger partial charge in [0.05, 0.1) is 14.7 Å². The maximum Gasteiger partial charge on any atom is 0.270 e. The van der Waals surface area contributed by atoms with Crippen LogP contribution in [0.25, 0.3) is 0 Å². The molecule has 26 heavy (non-hydrogen) atoms. The van der Waals surface area contributed by atoms with Crippen LogP contribution in [0.4, 0.5) is 5.69 Å². The van der Waals surface area contributed by atoms with E-state index in [9.17, 15) is 23.3 Å². The molecule has 3 rings (SSSR count). The van der Waals surface area contributed by atoms with Gasteiger partial charge in [-0.3, -0.25) is 14.9 Å². The highest BCUT2D eigenvalue weighted by Gasteiger charge is 2.32. The fraction of sp³-hybridized carbons (Fsp3) is 0.312. The van der Waals surface area contributed by atoms with Gasteiger partial charge < -0.3 is 4.90 Å². The first-order chi connectivity index (χ1) is 12.3. The highest BCUT2D eigenvalue weighted by Crippen LogP contribution is 2.26. The van der Waals surface area contributed by atoms with E-state index >= 15 is 0 Å². The smallest absolute Gasteiger partial charge is 0.270 e. The third-order valence-corrected chi connectivity index (χ3v) is 7.16. The molecular formula is C16H17N3O5S2. The summed E-state index contributed by atoms with van der Waals surface area (Å²) in [5, 5.41) is 12.8. The van der Waals surface area contributed by atoms with Crippen LogP contribution in [-0.4, -0.2) is 54.6 Å². The number of aryl methyl sites for hydroxylation is 1. The molecule has 2 aromatic rings. The quantitative estimate of drug-likeness (QED) is 0.583. The molecule has 0 bridgehead atoms. The van der Waals surface area contributed by atoms with Crippen molar-refractivity contribution in [1.29, 1.82) is 0 Å². The average Bonchev–Trinajstić information content (AvgIpc) is 3.16. The summed E-state index contributed by atoms with van der Waals surface area (Å²) in [6.07, 6.45) is 0. The predicted molar refractivity (Wildman–Crippen MR) is 96.8 cm³/mol. The molecule has 0 aliphatic carbocycles. The Bertz CT molecular complexity index is 933. The fourth-order valence-corrected chi connectivity index (χ4v) is 5.16. The van der Waals surface area contributed by atoms with Crippen LogP contribution in [0.2, 0.25) is 0 Å². The molecule has 0 spiro atoms. The number of piperazine rings is 1. The number of hydrogen-bond acceptors (Lipinski definition) is 6. The zero-order valence-electron chi connectivity index (χ0n) is 14.0. The topological polar surface area (TPSA) is 101 Å². The van der Waals surface area contributed by atoms with Crippen molar-refractivity contribution < 1.29 is 18.1 Å². The van der Waals surface area contributed by atoms with Crippen LogP contribution in [-0.2, 0) is 10.0 Å². The number of benzene rings is 1. The zero-order valence-corrected chi connectivity index (χ0v) is 15.6. The van der Waals surface area contributed by atoms with Crippen molar-refractivity contribution in [2.24, 2.45) is 0 Å². The minimum Gasteiger partial charge on any atom is -0.335 e. The second-order valence-corrected chi connectivity index (χ2v) is 8.73. The maximum atomic E-state index is 12.9. The first-order valence-corrected chi connectivity index (χ1v) is 10.2. The van der Waals surface area contributed by atoms with Gasteiger partial charge in [-0.25, -0.2) is 8.42 Å². The van der Waals surface area contributed by atoms with Gasteiger partial charge in [-0.1, -0.05) is 12.1 Å². The number of amides is 1. The van der Waals surface area contributed by atoms with Gasteiger partial charge in [-0.05, 0) is 23.9 Å². The molecule has 1 amide bonds. The first-order valence-electron chi connectivity index (χ1n) is 7.88. The van der Waals surface area contributed by atoms with E-state index in [0.29, 0.717) is 10.4 Å². The number of non-ortho nitro benzene ring substituents is 1. The Labute approximate surface area is 154 Å². The molecule has 0 radical (unpaired) electrons. The number of thiophene rings is 1. The molecular weight excluding hydrogens is 378 g/mol. The van der Waals surface area contributed by atoms with Crippen LogP contribution < -0.4 is 0 Å². The standard InChI is InChI=1S/C16H17N3O5S2/c1-12-4-5-13(19(21)22)11-15(12)26(23,24)18-8-6-17(7-9-18)16(20)14-3-2-10-25-14/h2-5,10-11H,6-9H2,1H3. The van der Waals surface area contributed by atoms with Gasteiger partial charge in [-0.2, -0.15) is 4.31 Å². The first kappa shape index (κ1) is 18.5. The number of carbonyl (C=O) groups is 1. The van der Waals surface area contributed by atoms with E-state index in [0.717, 1.165) is 6.07 Å². The Morgan fingerprint density at radius 2 is 1.88 bits per heavy atom. The Morgan fingerprint density at radius 3 is 2.46 bits per heavy atom. The molecule has 1 aliphatic heterocycles. The Balaban J connectivity index is 1.77. The lowest BCUT2D eigenvalue weighted by Crippen LogP contribution is -2.50. The van der Waals surface area contributed by atoms with Crippen molar-refractivity contribution in [2.45, 2.75) is 11.8 Å². The predicted octanol–water partition coefficient (Wildman–Crippen LogP) is 2.11. The highest BCUT2D eigenvalue weighted by atomic mass is 32.2. The molecule has 0 N–H and O–H groups in total. The molecule has 1 saturated heterocycles. The summed E-state index contributed by atoms with van der Waals surface area (Å²) < 4.78 is 27.1. The molecule has 0 unspecified atom stereocenters. The molecule has 1 fully saturated rings. The van der Waals surface area contributed by atoms with Gasteiger partial charge in [0.1, 0.15) is 0 Å². The lowest BCUT2D eigenvalue weighted by molar-refractivity contribution is -0.385.